The van der Waals surface area contributed by atoms with Crippen LogP contribution in [0.3, 0.4) is 0 Å². The fraction of sp³-hybridized carbons (Fsp3) is 0.364. The maximum Gasteiger partial charge on any atom is 0.313 e. The van der Waals surface area contributed by atoms with Gasteiger partial charge >= 0.3 is 11.8 Å². The van der Waals surface area contributed by atoms with Gasteiger partial charge in [0.25, 0.3) is 0 Å². The van der Waals surface area contributed by atoms with Gasteiger partial charge in [-0.05, 0) is 29.7 Å². The molecule has 1 fully saturated rings. The van der Waals surface area contributed by atoms with Crippen LogP contribution in [0, 0.1) is 0 Å². The first-order chi connectivity index (χ1) is 13.5. The summed E-state index contributed by atoms with van der Waals surface area (Å²) in [5, 5.41) is 2.79. The third-order valence-electron chi connectivity index (χ3n) is 5.02. The van der Waals surface area contributed by atoms with E-state index in [0.717, 1.165) is 17.0 Å². The van der Waals surface area contributed by atoms with Gasteiger partial charge in [-0.1, -0.05) is 44.2 Å². The molecule has 6 heteroatoms. The monoisotopic (exact) mass is 381 g/mol. The zero-order valence-corrected chi connectivity index (χ0v) is 16.6. The van der Waals surface area contributed by atoms with Crippen molar-refractivity contribution in [1.82, 2.24) is 4.90 Å². The molecular weight excluding hydrogens is 354 g/mol. The molecule has 2 amide bonds. The lowest BCUT2D eigenvalue weighted by molar-refractivity contribution is -0.143. The molecule has 1 aliphatic heterocycles. The van der Waals surface area contributed by atoms with Crippen molar-refractivity contribution >= 4 is 23.2 Å². The van der Waals surface area contributed by atoms with Crippen molar-refractivity contribution < 1.29 is 14.3 Å². The van der Waals surface area contributed by atoms with E-state index in [-0.39, 0.29) is 5.92 Å². The highest BCUT2D eigenvalue weighted by Crippen LogP contribution is 2.28. The van der Waals surface area contributed by atoms with Crippen LogP contribution in [0.25, 0.3) is 0 Å². The summed E-state index contributed by atoms with van der Waals surface area (Å²) in [6.07, 6.45) is 0. The number of hydrogen-bond donors (Lipinski definition) is 1. The maximum absolute atomic E-state index is 12.6. The van der Waals surface area contributed by atoms with E-state index in [9.17, 15) is 9.59 Å². The minimum absolute atomic E-state index is 0.260. The Kier molecular flexibility index (Phi) is 6.19. The second-order valence-electron chi connectivity index (χ2n) is 7.15. The summed E-state index contributed by atoms with van der Waals surface area (Å²) in [7, 11) is 1.65. The van der Waals surface area contributed by atoms with Crippen molar-refractivity contribution in [3.63, 3.8) is 0 Å². The lowest BCUT2D eigenvalue weighted by atomic mass is 10.0. The molecule has 2 aromatic carbocycles. The highest BCUT2D eigenvalue weighted by Gasteiger charge is 2.27. The molecule has 28 heavy (non-hydrogen) atoms. The zero-order chi connectivity index (χ0) is 20.1. The van der Waals surface area contributed by atoms with E-state index in [1.165, 1.54) is 0 Å². The molecule has 0 aliphatic carbocycles. The third-order valence-corrected chi connectivity index (χ3v) is 5.02. The topological polar surface area (TPSA) is 61.9 Å². The van der Waals surface area contributed by atoms with Crippen LogP contribution >= 0.6 is 0 Å². The largest absolute Gasteiger partial charge is 0.495 e. The molecule has 3 rings (SSSR count). The Morgan fingerprint density at radius 2 is 1.61 bits per heavy atom. The highest BCUT2D eigenvalue weighted by molar-refractivity contribution is 6.39. The van der Waals surface area contributed by atoms with Crippen LogP contribution in [-0.4, -0.2) is 50.0 Å². The molecule has 0 radical (unpaired) electrons. The van der Waals surface area contributed by atoms with Gasteiger partial charge in [-0.25, -0.2) is 0 Å². The smallest absolute Gasteiger partial charge is 0.313 e. The zero-order valence-electron chi connectivity index (χ0n) is 16.6. The Morgan fingerprint density at radius 1 is 0.964 bits per heavy atom. The van der Waals surface area contributed by atoms with Crippen LogP contribution in [0.5, 0.6) is 5.75 Å². The number of rotatable bonds is 4. The van der Waals surface area contributed by atoms with Gasteiger partial charge < -0.3 is 19.9 Å². The molecule has 0 unspecified atom stereocenters. The van der Waals surface area contributed by atoms with Crippen LogP contribution in [0.2, 0.25) is 0 Å². The minimum atomic E-state index is -0.584. The van der Waals surface area contributed by atoms with Crippen molar-refractivity contribution in [2.45, 2.75) is 19.8 Å². The average molecular weight is 381 g/mol. The van der Waals surface area contributed by atoms with Crippen molar-refractivity contribution in [3.05, 3.63) is 54.1 Å². The van der Waals surface area contributed by atoms with Gasteiger partial charge in [0, 0.05) is 31.9 Å². The van der Waals surface area contributed by atoms with Crippen molar-refractivity contribution in [2.75, 3.05) is 43.5 Å². The Morgan fingerprint density at radius 3 is 2.29 bits per heavy atom. The number of piperazine rings is 1. The van der Waals surface area contributed by atoms with E-state index in [1.807, 2.05) is 48.5 Å². The van der Waals surface area contributed by atoms with Gasteiger partial charge in [0.05, 0.1) is 12.8 Å². The SMILES string of the molecule is COc1ccccc1N1CCN(C(=O)C(=O)Nc2ccccc2C(C)C)CC1. The van der Waals surface area contributed by atoms with Crippen LogP contribution in [0.1, 0.15) is 25.3 Å². The third kappa shape index (κ3) is 4.27. The molecule has 0 saturated carbocycles. The summed E-state index contributed by atoms with van der Waals surface area (Å²) >= 11 is 0. The Hall–Kier alpha value is -3.02. The van der Waals surface area contributed by atoms with E-state index in [1.54, 1.807) is 12.0 Å². The summed E-state index contributed by atoms with van der Waals surface area (Å²) in [5.41, 5.74) is 2.72. The van der Waals surface area contributed by atoms with E-state index in [0.29, 0.717) is 31.9 Å². The number of nitrogens with one attached hydrogen (secondary N) is 1. The highest BCUT2D eigenvalue weighted by atomic mass is 16.5. The number of para-hydroxylation sites is 3. The molecular formula is C22H27N3O3. The maximum atomic E-state index is 12.6. The first-order valence-electron chi connectivity index (χ1n) is 9.58. The molecule has 0 atom stereocenters. The quantitative estimate of drug-likeness (QED) is 0.827. The molecule has 148 valence electrons. The summed E-state index contributed by atoms with van der Waals surface area (Å²) in [4.78, 5) is 28.9. The Bertz CT molecular complexity index is 842. The van der Waals surface area contributed by atoms with Gasteiger partial charge in [-0.3, -0.25) is 9.59 Å². The standard InChI is InChI=1S/C22H27N3O3/c1-16(2)17-8-4-5-9-18(17)23-21(26)22(27)25-14-12-24(13-15-25)19-10-6-7-11-20(19)28-3/h4-11,16H,12-15H2,1-3H3,(H,23,26). The number of nitrogens with zero attached hydrogens (tertiary/aromatic N) is 2. The predicted octanol–water partition coefficient (Wildman–Crippen LogP) is 3.11. The molecule has 1 saturated heterocycles. The van der Waals surface area contributed by atoms with Crippen LogP contribution in [0.15, 0.2) is 48.5 Å². The molecule has 0 spiro atoms. The van der Waals surface area contributed by atoms with Gasteiger partial charge in [0.15, 0.2) is 0 Å². The van der Waals surface area contributed by atoms with E-state index in [4.69, 9.17) is 4.74 Å². The minimum Gasteiger partial charge on any atom is -0.495 e. The Balaban J connectivity index is 1.61. The van der Waals surface area contributed by atoms with Gasteiger partial charge in [-0.2, -0.15) is 0 Å². The number of benzene rings is 2. The number of hydrogen-bond acceptors (Lipinski definition) is 4. The number of ether oxygens (including phenoxy) is 1. The van der Waals surface area contributed by atoms with Gasteiger partial charge in [-0.15, -0.1) is 0 Å². The Labute approximate surface area is 166 Å². The molecule has 1 N–H and O–H groups in total. The molecule has 2 aromatic rings. The van der Waals surface area contributed by atoms with E-state index in [2.05, 4.69) is 24.1 Å². The van der Waals surface area contributed by atoms with Gasteiger partial charge in [0.2, 0.25) is 0 Å². The van der Waals surface area contributed by atoms with Crippen molar-refractivity contribution in [1.29, 1.82) is 0 Å². The first kappa shape index (κ1) is 19.7. The molecule has 0 aromatic heterocycles. The number of methoxy groups -OCH3 is 1. The predicted molar refractivity (Wildman–Crippen MR) is 111 cm³/mol. The normalized spacial score (nSPS) is 14.1. The average Bonchev–Trinajstić information content (AvgIpc) is 2.73. The van der Waals surface area contributed by atoms with E-state index >= 15 is 0 Å². The molecule has 1 heterocycles. The fourth-order valence-corrected chi connectivity index (χ4v) is 3.48. The lowest BCUT2D eigenvalue weighted by Gasteiger charge is -2.36. The molecule has 1 aliphatic rings. The van der Waals surface area contributed by atoms with Gasteiger partial charge in [0.1, 0.15) is 5.75 Å². The first-order valence-corrected chi connectivity index (χ1v) is 9.58. The lowest BCUT2D eigenvalue weighted by Crippen LogP contribution is -2.51. The number of anilines is 2. The fourth-order valence-electron chi connectivity index (χ4n) is 3.48. The van der Waals surface area contributed by atoms with E-state index < -0.39 is 11.8 Å². The number of amides is 2. The summed E-state index contributed by atoms with van der Waals surface area (Å²) in [5.74, 6) is -0.00149. The summed E-state index contributed by atoms with van der Waals surface area (Å²) < 4.78 is 5.42. The number of carbonyl (C=O) groups excluding carboxylic acids is 2. The second-order valence-corrected chi connectivity index (χ2v) is 7.15. The van der Waals surface area contributed by atoms with Crippen LogP contribution in [-0.2, 0) is 9.59 Å². The van der Waals surface area contributed by atoms with Crippen LogP contribution in [0.4, 0.5) is 11.4 Å². The number of carbonyl (C=O) groups is 2. The molecule has 0 bridgehead atoms. The summed E-state index contributed by atoms with van der Waals surface area (Å²) in [6, 6.07) is 15.4. The molecule has 6 nitrogen and oxygen atoms in total. The second kappa shape index (κ2) is 8.78. The van der Waals surface area contributed by atoms with Crippen molar-refractivity contribution in [2.24, 2.45) is 0 Å². The van der Waals surface area contributed by atoms with Crippen molar-refractivity contribution in [3.8, 4) is 5.75 Å². The summed E-state index contributed by atoms with van der Waals surface area (Å²) in [6.45, 7) is 6.42. The van der Waals surface area contributed by atoms with Crippen LogP contribution < -0.4 is 15.0 Å².